The highest BCUT2D eigenvalue weighted by atomic mass is 16.5. The summed E-state index contributed by atoms with van der Waals surface area (Å²) in [7, 11) is 0. The number of nitrogens with zero attached hydrogens (tertiary/aromatic N) is 3. The van der Waals surface area contributed by atoms with Crippen molar-refractivity contribution in [3.8, 4) is 0 Å². The zero-order chi connectivity index (χ0) is 19.8. The molecule has 2 aromatic heterocycles. The Bertz CT molecular complexity index is 918. The Morgan fingerprint density at radius 3 is 2.75 bits per heavy atom. The second-order valence-electron chi connectivity index (χ2n) is 6.81. The Hall–Kier alpha value is -3.09. The fraction of sp³-hybridized carbons (Fsp3) is 0.381. The minimum absolute atomic E-state index is 0.350. The van der Waals surface area contributed by atoms with Gasteiger partial charge in [0, 0.05) is 31.1 Å². The molecular weight excluding hydrogens is 352 g/mol. The lowest BCUT2D eigenvalue weighted by Gasteiger charge is -2.12. The van der Waals surface area contributed by atoms with Gasteiger partial charge in [-0.25, -0.2) is 9.98 Å². The van der Waals surface area contributed by atoms with Gasteiger partial charge in [-0.2, -0.15) is 0 Å². The SMILES string of the molecule is CCNC(=NCc1cc(C(C)C)no1)NCCNc1ccc2ccccc2n1. The number of benzene rings is 1. The van der Waals surface area contributed by atoms with Crippen LogP contribution in [0.4, 0.5) is 5.82 Å². The zero-order valence-corrected chi connectivity index (χ0v) is 16.7. The number of anilines is 1. The molecule has 2 heterocycles. The lowest BCUT2D eigenvalue weighted by molar-refractivity contribution is 0.376. The summed E-state index contributed by atoms with van der Waals surface area (Å²) in [6.45, 7) is 8.92. The van der Waals surface area contributed by atoms with Crippen LogP contribution in [0, 0.1) is 0 Å². The Labute approximate surface area is 165 Å². The van der Waals surface area contributed by atoms with Gasteiger partial charge in [0.25, 0.3) is 0 Å². The van der Waals surface area contributed by atoms with E-state index in [1.54, 1.807) is 0 Å². The molecule has 0 fully saturated rings. The average Bonchev–Trinajstić information content (AvgIpc) is 3.18. The predicted octanol–water partition coefficient (Wildman–Crippen LogP) is 3.51. The van der Waals surface area contributed by atoms with Crippen LogP contribution in [0.25, 0.3) is 10.9 Å². The molecule has 0 aliphatic rings. The molecular formula is C21H28N6O. The van der Waals surface area contributed by atoms with Gasteiger partial charge in [-0.05, 0) is 31.0 Å². The summed E-state index contributed by atoms with van der Waals surface area (Å²) in [5.74, 6) is 2.73. The van der Waals surface area contributed by atoms with Crippen LogP contribution in [0.5, 0.6) is 0 Å². The highest BCUT2D eigenvalue weighted by molar-refractivity contribution is 5.80. The third-order valence-corrected chi connectivity index (χ3v) is 4.23. The summed E-state index contributed by atoms with van der Waals surface area (Å²) < 4.78 is 5.34. The number of fused-ring (bicyclic) bond motifs is 1. The van der Waals surface area contributed by atoms with E-state index in [1.165, 1.54) is 0 Å². The van der Waals surface area contributed by atoms with Crippen molar-refractivity contribution in [3.63, 3.8) is 0 Å². The van der Waals surface area contributed by atoms with Crippen LogP contribution in [-0.2, 0) is 6.54 Å². The van der Waals surface area contributed by atoms with Gasteiger partial charge in [-0.1, -0.05) is 37.2 Å². The first-order valence-electron chi connectivity index (χ1n) is 9.73. The maximum Gasteiger partial charge on any atom is 0.191 e. The largest absolute Gasteiger partial charge is 0.368 e. The van der Waals surface area contributed by atoms with Crippen molar-refractivity contribution < 1.29 is 4.52 Å². The molecule has 0 aliphatic heterocycles. The van der Waals surface area contributed by atoms with Gasteiger partial charge in [-0.3, -0.25) is 0 Å². The molecule has 28 heavy (non-hydrogen) atoms. The Morgan fingerprint density at radius 2 is 1.96 bits per heavy atom. The molecule has 0 saturated carbocycles. The smallest absolute Gasteiger partial charge is 0.191 e. The van der Waals surface area contributed by atoms with Crippen LogP contribution >= 0.6 is 0 Å². The van der Waals surface area contributed by atoms with E-state index in [4.69, 9.17) is 4.52 Å². The third-order valence-electron chi connectivity index (χ3n) is 4.23. The standard InChI is InChI=1S/C21H28N6O/c1-4-22-21(25-14-17-13-19(15(2)3)27-28-17)24-12-11-23-20-10-9-16-7-5-6-8-18(16)26-20/h5-10,13,15H,4,11-12,14H2,1-3H3,(H,23,26)(H2,22,24,25). The molecule has 0 bridgehead atoms. The first-order chi connectivity index (χ1) is 13.7. The Kier molecular flexibility index (Phi) is 6.84. The van der Waals surface area contributed by atoms with Gasteiger partial charge in [-0.15, -0.1) is 0 Å². The molecule has 3 aromatic rings. The van der Waals surface area contributed by atoms with Crippen LogP contribution in [0.15, 0.2) is 52.0 Å². The topological polar surface area (TPSA) is 87.4 Å². The summed E-state index contributed by atoms with van der Waals surface area (Å²) in [5, 5.41) is 15.1. The summed E-state index contributed by atoms with van der Waals surface area (Å²) in [6.07, 6.45) is 0. The van der Waals surface area contributed by atoms with Crippen LogP contribution in [0.2, 0.25) is 0 Å². The number of guanidine groups is 1. The minimum Gasteiger partial charge on any atom is -0.368 e. The Balaban J connectivity index is 1.49. The van der Waals surface area contributed by atoms with Crippen molar-refractivity contribution in [1.29, 1.82) is 0 Å². The third kappa shape index (κ3) is 5.45. The fourth-order valence-electron chi connectivity index (χ4n) is 2.71. The van der Waals surface area contributed by atoms with Crippen molar-refractivity contribution in [3.05, 3.63) is 53.9 Å². The van der Waals surface area contributed by atoms with E-state index in [0.717, 1.165) is 47.2 Å². The maximum absolute atomic E-state index is 5.34. The number of nitrogens with one attached hydrogen (secondary N) is 3. The number of pyridine rings is 1. The van der Waals surface area contributed by atoms with E-state index in [-0.39, 0.29) is 0 Å². The maximum atomic E-state index is 5.34. The van der Waals surface area contributed by atoms with Gasteiger partial charge in [0.15, 0.2) is 11.7 Å². The second-order valence-corrected chi connectivity index (χ2v) is 6.81. The highest BCUT2D eigenvalue weighted by Gasteiger charge is 2.07. The van der Waals surface area contributed by atoms with E-state index in [0.29, 0.717) is 19.0 Å². The van der Waals surface area contributed by atoms with E-state index < -0.39 is 0 Å². The number of aromatic nitrogens is 2. The first-order valence-corrected chi connectivity index (χ1v) is 9.73. The van der Waals surface area contributed by atoms with E-state index in [2.05, 4.69) is 57.1 Å². The van der Waals surface area contributed by atoms with Crippen molar-refractivity contribution in [2.45, 2.75) is 33.2 Å². The number of rotatable bonds is 8. The molecule has 0 radical (unpaired) electrons. The van der Waals surface area contributed by atoms with Gasteiger partial charge < -0.3 is 20.5 Å². The minimum atomic E-state index is 0.350. The highest BCUT2D eigenvalue weighted by Crippen LogP contribution is 2.15. The lowest BCUT2D eigenvalue weighted by atomic mass is 10.1. The molecule has 7 heteroatoms. The molecule has 0 spiro atoms. The second kappa shape index (κ2) is 9.73. The summed E-state index contributed by atoms with van der Waals surface area (Å²) in [6, 6.07) is 14.1. The van der Waals surface area contributed by atoms with Gasteiger partial charge in [0.05, 0.1) is 11.2 Å². The van der Waals surface area contributed by atoms with Crippen molar-refractivity contribution >= 4 is 22.7 Å². The average molecular weight is 380 g/mol. The van der Waals surface area contributed by atoms with E-state index in [1.807, 2.05) is 37.3 Å². The zero-order valence-electron chi connectivity index (χ0n) is 16.7. The summed E-state index contributed by atoms with van der Waals surface area (Å²) >= 11 is 0. The first kappa shape index (κ1) is 19.7. The summed E-state index contributed by atoms with van der Waals surface area (Å²) in [5.41, 5.74) is 1.94. The molecule has 1 aromatic carbocycles. The van der Waals surface area contributed by atoms with Crippen LogP contribution < -0.4 is 16.0 Å². The number of para-hydroxylation sites is 1. The number of hydrogen-bond donors (Lipinski definition) is 3. The van der Waals surface area contributed by atoms with Crippen LogP contribution in [0.3, 0.4) is 0 Å². The molecule has 0 unspecified atom stereocenters. The molecule has 3 rings (SSSR count). The Morgan fingerprint density at radius 1 is 1.11 bits per heavy atom. The van der Waals surface area contributed by atoms with Crippen molar-refractivity contribution in [1.82, 2.24) is 20.8 Å². The van der Waals surface area contributed by atoms with Gasteiger partial charge in [0.1, 0.15) is 12.4 Å². The van der Waals surface area contributed by atoms with Crippen LogP contribution in [0.1, 0.15) is 38.1 Å². The molecule has 0 aliphatic carbocycles. The molecule has 148 valence electrons. The van der Waals surface area contributed by atoms with Crippen LogP contribution in [-0.4, -0.2) is 35.7 Å². The lowest BCUT2D eigenvalue weighted by Crippen LogP contribution is -2.39. The number of aliphatic imine (C=N–C) groups is 1. The van der Waals surface area contributed by atoms with Gasteiger partial charge >= 0.3 is 0 Å². The molecule has 3 N–H and O–H groups in total. The summed E-state index contributed by atoms with van der Waals surface area (Å²) in [4.78, 5) is 9.18. The molecule has 0 saturated heterocycles. The molecule has 0 amide bonds. The number of hydrogen-bond acceptors (Lipinski definition) is 5. The van der Waals surface area contributed by atoms with Crippen molar-refractivity contribution in [2.75, 3.05) is 25.0 Å². The normalized spacial score (nSPS) is 11.8. The molecule has 0 atom stereocenters. The quantitative estimate of drug-likeness (QED) is 0.315. The van der Waals surface area contributed by atoms with E-state index in [9.17, 15) is 0 Å². The van der Waals surface area contributed by atoms with Gasteiger partial charge in [0.2, 0.25) is 0 Å². The molecule has 7 nitrogen and oxygen atoms in total. The monoisotopic (exact) mass is 380 g/mol. The van der Waals surface area contributed by atoms with E-state index >= 15 is 0 Å². The fourth-order valence-corrected chi connectivity index (χ4v) is 2.71. The predicted molar refractivity (Wildman–Crippen MR) is 114 cm³/mol. The van der Waals surface area contributed by atoms with Crippen molar-refractivity contribution in [2.24, 2.45) is 4.99 Å².